The van der Waals surface area contributed by atoms with Crippen LogP contribution in [0, 0.1) is 6.92 Å². The highest BCUT2D eigenvalue weighted by molar-refractivity contribution is 7.90. The summed E-state index contributed by atoms with van der Waals surface area (Å²) in [7, 11) is -5.81. The Morgan fingerprint density at radius 1 is 0.980 bits per heavy atom. The van der Waals surface area contributed by atoms with Crippen molar-refractivity contribution in [1.82, 2.24) is 24.6 Å². The Labute approximate surface area is 285 Å². The third kappa shape index (κ3) is 8.90. The third-order valence-corrected chi connectivity index (χ3v) is 9.39. The van der Waals surface area contributed by atoms with Gasteiger partial charge >= 0.3 is 6.18 Å². The van der Waals surface area contributed by atoms with Crippen molar-refractivity contribution in [2.24, 2.45) is 7.05 Å². The fraction of sp³-hybridized carbons (Fsp3) is 0.212. The fourth-order valence-electron chi connectivity index (χ4n) is 4.84. The molecule has 0 saturated carbocycles. The second-order valence-electron chi connectivity index (χ2n) is 11.0. The van der Waals surface area contributed by atoms with Gasteiger partial charge in [-0.2, -0.15) is 26.7 Å². The maximum Gasteiger partial charge on any atom is 0.416 e. The molecule has 5 aromatic rings. The minimum Gasteiger partial charge on any atom is -0.346 e. The number of benzene rings is 2. The van der Waals surface area contributed by atoms with Gasteiger partial charge < -0.3 is 5.32 Å². The van der Waals surface area contributed by atoms with Crippen LogP contribution in [-0.4, -0.2) is 52.9 Å². The number of halogens is 3. The van der Waals surface area contributed by atoms with Gasteiger partial charge in [-0.1, -0.05) is 30.7 Å². The molecule has 1 amide bonds. The molecule has 0 radical (unpaired) electrons. The lowest BCUT2D eigenvalue weighted by atomic mass is 9.98. The molecule has 0 bridgehead atoms. The average molecular weight is 732 g/mol. The predicted molar refractivity (Wildman–Crippen MR) is 178 cm³/mol. The second kappa shape index (κ2) is 14.8. The van der Waals surface area contributed by atoms with Crippen molar-refractivity contribution in [2.45, 2.75) is 42.8 Å². The van der Waals surface area contributed by atoms with Crippen LogP contribution in [0.3, 0.4) is 0 Å². The molecule has 3 heterocycles. The van der Waals surface area contributed by atoms with E-state index in [9.17, 15) is 39.6 Å². The first kappa shape index (κ1) is 37.7. The first-order chi connectivity index (χ1) is 23.3. The van der Waals surface area contributed by atoms with Crippen molar-refractivity contribution in [1.29, 1.82) is 0 Å². The van der Waals surface area contributed by atoms with E-state index in [1.807, 2.05) is 6.92 Å². The number of hydrogen-bond donors (Lipinski definition) is 2. The van der Waals surface area contributed by atoms with Crippen LogP contribution >= 0.6 is 0 Å². The summed E-state index contributed by atoms with van der Waals surface area (Å²) in [5.74, 6) is -0.754. The summed E-state index contributed by atoms with van der Waals surface area (Å²) in [6, 6.07) is 14.7. The number of alkyl halides is 3. The number of nitrogens with one attached hydrogen (secondary N) is 1. The van der Waals surface area contributed by atoms with Crippen LogP contribution in [0.1, 0.15) is 39.7 Å². The van der Waals surface area contributed by atoms with E-state index < -0.39 is 43.2 Å². The topological polar surface area (TPSA) is 170 Å². The molecule has 50 heavy (non-hydrogen) atoms. The van der Waals surface area contributed by atoms with Crippen LogP contribution in [0.4, 0.5) is 13.2 Å². The van der Waals surface area contributed by atoms with E-state index in [0.29, 0.717) is 22.5 Å². The summed E-state index contributed by atoms with van der Waals surface area (Å²) in [6.45, 7) is 3.48. The Kier molecular flexibility index (Phi) is 11.1. The molecular formula is C33H32F3N5O7S2. The molecule has 0 spiro atoms. The van der Waals surface area contributed by atoms with E-state index in [1.165, 1.54) is 53.5 Å². The summed E-state index contributed by atoms with van der Waals surface area (Å²) < 4.78 is 95.7. The maximum atomic E-state index is 13.6. The fourth-order valence-corrected chi connectivity index (χ4v) is 5.88. The van der Waals surface area contributed by atoms with Crippen LogP contribution in [0.15, 0.2) is 99.9 Å². The number of carbonyl (C=O) groups excluding carboxylic acids is 1. The van der Waals surface area contributed by atoms with Gasteiger partial charge in [0.2, 0.25) is 0 Å². The quantitative estimate of drug-likeness (QED) is 0.213. The number of nitrogens with zero attached hydrogens (tertiary/aromatic N) is 4. The number of sulfone groups is 1. The summed E-state index contributed by atoms with van der Waals surface area (Å²) in [4.78, 5) is 31.0. The first-order valence-electron chi connectivity index (χ1n) is 14.7. The third-order valence-electron chi connectivity index (χ3n) is 7.42. The number of hydrogen-bond acceptors (Lipinski definition) is 8. The molecule has 0 aliphatic rings. The predicted octanol–water partition coefficient (Wildman–Crippen LogP) is 4.79. The monoisotopic (exact) mass is 731 g/mol. The molecule has 264 valence electrons. The van der Waals surface area contributed by atoms with Gasteiger partial charge in [-0.3, -0.25) is 28.4 Å². The minimum atomic E-state index is -4.63. The highest BCUT2D eigenvalue weighted by Gasteiger charge is 2.31. The van der Waals surface area contributed by atoms with E-state index in [-0.39, 0.29) is 34.0 Å². The molecular weight excluding hydrogens is 700 g/mol. The van der Waals surface area contributed by atoms with Gasteiger partial charge in [0.1, 0.15) is 5.56 Å². The number of carbonyl (C=O) groups is 1. The van der Waals surface area contributed by atoms with Crippen LogP contribution in [-0.2, 0) is 46.1 Å². The van der Waals surface area contributed by atoms with Crippen molar-refractivity contribution >= 4 is 25.9 Å². The molecule has 0 aliphatic carbocycles. The molecule has 2 N–H and O–H groups in total. The van der Waals surface area contributed by atoms with Gasteiger partial charge in [-0.25, -0.2) is 8.42 Å². The highest BCUT2D eigenvalue weighted by atomic mass is 32.2. The summed E-state index contributed by atoms with van der Waals surface area (Å²) >= 11 is 0. The first-order valence-corrected chi connectivity index (χ1v) is 18.1. The number of pyridine rings is 2. The average Bonchev–Trinajstić information content (AvgIpc) is 3.48. The van der Waals surface area contributed by atoms with Gasteiger partial charge in [0.15, 0.2) is 9.84 Å². The molecule has 3 aromatic heterocycles. The largest absolute Gasteiger partial charge is 0.416 e. The van der Waals surface area contributed by atoms with Crippen molar-refractivity contribution in [3.8, 4) is 16.9 Å². The lowest BCUT2D eigenvalue weighted by molar-refractivity contribution is -0.137. The Balaban J connectivity index is 0.000000435. The van der Waals surface area contributed by atoms with Gasteiger partial charge in [0.25, 0.3) is 21.6 Å². The second-order valence-corrected chi connectivity index (χ2v) is 14.5. The minimum absolute atomic E-state index is 0.0127. The number of rotatable bonds is 8. The van der Waals surface area contributed by atoms with E-state index in [0.717, 1.165) is 34.7 Å². The summed E-state index contributed by atoms with van der Waals surface area (Å²) in [5, 5.41) is 6.77. The Bertz CT molecular complexity index is 2300. The van der Waals surface area contributed by atoms with Gasteiger partial charge in [0.05, 0.1) is 33.3 Å². The standard InChI is InChI=1S/C26H24F3N5O4S.C7H8O3S/c1-4-20-21(22-10-11-32-33(22)2)15-34(18-7-5-6-16(12-18)26(27,28)29)25(36)23(20)24(35)31-13-17-8-9-19(14-30-17)39(3,37)38;1-6-2-4-7(5-3-6)11(8,9)10/h5-12,14-15H,4,13H2,1-3H3,(H,31,35);2-5H,1H3,(H,8,9,10). The van der Waals surface area contributed by atoms with E-state index in [1.54, 1.807) is 32.2 Å². The SMILES string of the molecule is CCc1c(-c2ccnn2C)cn(-c2cccc(C(F)(F)F)c2)c(=O)c1C(=O)NCc1ccc(S(C)(=O)=O)cn1.Cc1ccc(S(=O)(=O)O)cc1. The highest BCUT2D eigenvalue weighted by Crippen LogP contribution is 2.31. The Morgan fingerprint density at radius 2 is 1.64 bits per heavy atom. The van der Waals surface area contributed by atoms with Crippen molar-refractivity contribution in [2.75, 3.05) is 6.26 Å². The van der Waals surface area contributed by atoms with E-state index in [2.05, 4.69) is 15.4 Å². The van der Waals surface area contributed by atoms with Crippen LogP contribution in [0.2, 0.25) is 0 Å². The molecule has 0 saturated heterocycles. The van der Waals surface area contributed by atoms with Crippen LogP contribution in [0.5, 0.6) is 0 Å². The van der Waals surface area contributed by atoms with Crippen molar-refractivity contribution < 1.29 is 39.4 Å². The van der Waals surface area contributed by atoms with Gasteiger partial charge in [0, 0.05) is 43.1 Å². The zero-order chi connectivity index (χ0) is 37.0. The number of aryl methyl sites for hydroxylation is 2. The van der Waals surface area contributed by atoms with Gasteiger partial charge in [-0.05, 0) is 67.4 Å². The van der Waals surface area contributed by atoms with Crippen LogP contribution < -0.4 is 10.9 Å². The Hall–Kier alpha value is -5.13. The number of aromatic nitrogens is 4. The lowest BCUT2D eigenvalue weighted by Crippen LogP contribution is -2.34. The molecule has 2 aromatic carbocycles. The van der Waals surface area contributed by atoms with Crippen molar-refractivity contribution in [3.63, 3.8) is 0 Å². The van der Waals surface area contributed by atoms with Gasteiger partial charge in [-0.15, -0.1) is 0 Å². The summed E-state index contributed by atoms with van der Waals surface area (Å²) in [6.07, 6.45) is 0.785. The van der Waals surface area contributed by atoms with Crippen molar-refractivity contribution in [3.05, 3.63) is 124 Å². The Morgan fingerprint density at radius 3 is 2.16 bits per heavy atom. The molecule has 0 atom stereocenters. The molecule has 12 nitrogen and oxygen atoms in total. The number of amides is 1. The molecule has 0 aliphatic heterocycles. The molecule has 0 unspecified atom stereocenters. The van der Waals surface area contributed by atoms with E-state index >= 15 is 0 Å². The lowest BCUT2D eigenvalue weighted by Gasteiger charge is -2.18. The van der Waals surface area contributed by atoms with E-state index in [4.69, 9.17) is 4.55 Å². The normalized spacial score (nSPS) is 11.8. The van der Waals surface area contributed by atoms with Crippen LogP contribution in [0.25, 0.3) is 16.9 Å². The zero-order valence-corrected chi connectivity index (χ0v) is 28.8. The molecule has 5 rings (SSSR count). The smallest absolute Gasteiger partial charge is 0.346 e. The molecule has 17 heteroatoms. The maximum absolute atomic E-state index is 13.6. The summed E-state index contributed by atoms with van der Waals surface area (Å²) in [5.41, 5.74) is 0.666. The zero-order valence-electron chi connectivity index (χ0n) is 27.1. The molecule has 0 fully saturated rings.